The number of dihydropyridines is 1. The van der Waals surface area contributed by atoms with Crippen molar-refractivity contribution in [2.24, 2.45) is 10.4 Å². The van der Waals surface area contributed by atoms with Gasteiger partial charge < -0.3 is 16.0 Å². The van der Waals surface area contributed by atoms with E-state index in [1.165, 1.54) is 12.4 Å². The molecule has 2 heterocycles. The van der Waals surface area contributed by atoms with Crippen LogP contribution in [0.1, 0.15) is 37.6 Å². The second-order valence-electron chi connectivity index (χ2n) is 7.68. The Morgan fingerprint density at radius 3 is 2.43 bits per heavy atom. The standard InChI is InChI=1S/C20H23N5O3/c1-20(2,3)19(25-18(28)12-7-10-21-11-8-12)24-15-14(16(26)17(15)27)23-13-6-4-5-9-22-13/h4-5,7-11,13,19,23-24H,6H2,1-3H3,(H,25,28). The molecule has 2 atom stereocenters. The SMILES string of the molecule is CC(C)(C)C(NC(=O)c1ccncc1)Nc1c(NC2CC=CC=N2)c(=O)c1=O. The van der Waals surface area contributed by atoms with Crippen LogP contribution in [0.15, 0.2) is 51.3 Å². The fourth-order valence-corrected chi connectivity index (χ4v) is 2.74. The van der Waals surface area contributed by atoms with E-state index in [1.807, 2.05) is 32.9 Å². The lowest BCUT2D eigenvalue weighted by molar-refractivity contribution is 0.0913. The lowest BCUT2D eigenvalue weighted by Crippen LogP contribution is -2.52. The number of hydrogen-bond donors (Lipinski definition) is 3. The van der Waals surface area contributed by atoms with Gasteiger partial charge in [-0.05, 0) is 18.2 Å². The normalized spacial score (nSPS) is 17.3. The molecule has 1 aliphatic heterocycles. The Morgan fingerprint density at radius 2 is 1.82 bits per heavy atom. The smallest absolute Gasteiger partial charge is 0.253 e. The van der Waals surface area contributed by atoms with Crippen LogP contribution in [0, 0.1) is 5.41 Å². The molecule has 0 saturated carbocycles. The van der Waals surface area contributed by atoms with Crippen LogP contribution in [0.5, 0.6) is 0 Å². The average Bonchev–Trinajstić information content (AvgIpc) is 2.69. The Bertz CT molecular complexity index is 982. The van der Waals surface area contributed by atoms with Crippen LogP contribution in [0.4, 0.5) is 11.4 Å². The molecule has 3 N–H and O–H groups in total. The van der Waals surface area contributed by atoms with Gasteiger partial charge >= 0.3 is 0 Å². The monoisotopic (exact) mass is 381 g/mol. The highest BCUT2D eigenvalue weighted by molar-refractivity contribution is 5.94. The van der Waals surface area contributed by atoms with Crippen LogP contribution in [0.3, 0.4) is 0 Å². The first-order valence-corrected chi connectivity index (χ1v) is 9.03. The van der Waals surface area contributed by atoms with Gasteiger partial charge in [0.05, 0.1) is 0 Å². The number of anilines is 2. The number of hydrogen-bond acceptors (Lipinski definition) is 7. The molecule has 0 radical (unpaired) electrons. The largest absolute Gasteiger partial charge is 0.360 e. The van der Waals surface area contributed by atoms with E-state index in [0.717, 1.165) is 0 Å². The van der Waals surface area contributed by atoms with Crippen molar-refractivity contribution in [1.82, 2.24) is 10.3 Å². The molecule has 1 amide bonds. The van der Waals surface area contributed by atoms with Crippen LogP contribution in [-0.2, 0) is 0 Å². The van der Waals surface area contributed by atoms with E-state index in [0.29, 0.717) is 12.0 Å². The van der Waals surface area contributed by atoms with Crippen LogP contribution < -0.4 is 26.8 Å². The zero-order valence-electron chi connectivity index (χ0n) is 16.0. The van der Waals surface area contributed by atoms with Gasteiger partial charge in [-0.25, -0.2) is 0 Å². The highest BCUT2D eigenvalue weighted by atomic mass is 16.2. The van der Waals surface area contributed by atoms with Crippen molar-refractivity contribution < 1.29 is 4.79 Å². The molecular formula is C20H23N5O3. The molecule has 146 valence electrons. The van der Waals surface area contributed by atoms with Crippen LogP contribution in [0.2, 0.25) is 0 Å². The molecule has 0 fully saturated rings. The number of pyridine rings is 1. The second kappa shape index (κ2) is 7.75. The molecule has 2 unspecified atom stereocenters. The quantitative estimate of drug-likeness (QED) is 0.518. The average molecular weight is 381 g/mol. The topological polar surface area (TPSA) is 113 Å². The third-order valence-electron chi connectivity index (χ3n) is 4.44. The summed E-state index contributed by atoms with van der Waals surface area (Å²) in [5.41, 5.74) is -0.784. The molecule has 3 rings (SSSR count). The zero-order valence-corrected chi connectivity index (χ0v) is 16.0. The minimum absolute atomic E-state index is 0.171. The number of carbonyl (C=O) groups is 1. The third kappa shape index (κ3) is 4.16. The first-order chi connectivity index (χ1) is 13.3. The van der Waals surface area contributed by atoms with Gasteiger partial charge in [0.2, 0.25) is 0 Å². The minimum Gasteiger partial charge on any atom is -0.360 e. The van der Waals surface area contributed by atoms with Gasteiger partial charge in [0, 0.05) is 36.0 Å². The first kappa shape index (κ1) is 19.5. The van der Waals surface area contributed by atoms with Crippen molar-refractivity contribution in [1.29, 1.82) is 0 Å². The van der Waals surface area contributed by atoms with E-state index in [1.54, 1.807) is 18.3 Å². The highest BCUT2D eigenvalue weighted by Crippen LogP contribution is 2.25. The molecule has 28 heavy (non-hydrogen) atoms. The number of rotatable bonds is 6. The summed E-state index contributed by atoms with van der Waals surface area (Å²) >= 11 is 0. The molecule has 2 aromatic rings. The van der Waals surface area contributed by atoms with Crippen LogP contribution in [-0.4, -0.2) is 29.4 Å². The summed E-state index contributed by atoms with van der Waals surface area (Å²) in [6.07, 6.45) is 8.21. The molecule has 0 spiro atoms. The molecule has 0 aliphatic carbocycles. The van der Waals surface area contributed by atoms with Crippen LogP contribution in [0.25, 0.3) is 0 Å². The summed E-state index contributed by atoms with van der Waals surface area (Å²) in [6, 6.07) is 3.21. The number of nitrogens with zero attached hydrogens (tertiary/aromatic N) is 2. The van der Waals surface area contributed by atoms with Gasteiger partial charge in [0.15, 0.2) is 0 Å². The molecule has 1 aromatic carbocycles. The number of aromatic nitrogens is 1. The zero-order chi connectivity index (χ0) is 20.3. The summed E-state index contributed by atoms with van der Waals surface area (Å²) in [5.74, 6) is -0.301. The number of carbonyl (C=O) groups excluding carboxylic acids is 1. The van der Waals surface area contributed by atoms with Gasteiger partial charge in [-0.1, -0.05) is 26.8 Å². The molecular weight excluding hydrogens is 358 g/mol. The van der Waals surface area contributed by atoms with E-state index < -0.39 is 22.4 Å². The third-order valence-corrected chi connectivity index (χ3v) is 4.44. The molecule has 8 heteroatoms. The van der Waals surface area contributed by atoms with Crippen molar-refractivity contribution in [2.45, 2.75) is 39.5 Å². The first-order valence-electron chi connectivity index (χ1n) is 9.03. The van der Waals surface area contributed by atoms with E-state index in [4.69, 9.17) is 0 Å². The van der Waals surface area contributed by atoms with Gasteiger partial charge in [-0.2, -0.15) is 0 Å². The Hall–Kier alpha value is -3.29. The Balaban J connectivity index is 1.78. The molecule has 1 aliphatic rings. The maximum absolute atomic E-state index is 12.5. The highest BCUT2D eigenvalue weighted by Gasteiger charge is 2.31. The van der Waals surface area contributed by atoms with Gasteiger partial charge in [-0.15, -0.1) is 0 Å². The lowest BCUT2D eigenvalue weighted by Gasteiger charge is -2.34. The second-order valence-corrected chi connectivity index (χ2v) is 7.68. The number of aliphatic imine (C=N–C) groups is 1. The van der Waals surface area contributed by atoms with E-state index in [-0.39, 0.29) is 23.4 Å². The van der Waals surface area contributed by atoms with E-state index in [2.05, 4.69) is 25.9 Å². The Labute approximate surface area is 162 Å². The van der Waals surface area contributed by atoms with Gasteiger partial charge in [0.25, 0.3) is 16.8 Å². The summed E-state index contributed by atoms with van der Waals surface area (Å²) in [6.45, 7) is 5.77. The van der Waals surface area contributed by atoms with E-state index >= 15 is 0 Å². The summed E-state index contributed by atoms with van der Waals surface area (Å²) in [5, 5.41) is 8.94. The number of amides is 1. The predicted molar refractivity (Wildman–Crippen MR) is 110 cm³/mol. The minimum atomic E-state index is -0.606. The van der Waals surface area contributed by atoms with Gasteiger partial charge in [-0.3, -0.25) is 24.4 Å². The molecule has 1 aromatic heterocycles. The number of nitrogens with one attached hydrogen (secondary N) is 3. The summed E-state index contributed by atoms with van der Waals surface area (Å²) < 4.78 is 0. The summed E-state index contributed by atoms with van der Waals surface area (Å²) in [4.78, 5) is 44.9. The fourth-order valence-electron chi connectivity index (χ4n) is 2.74. The Kier molecular flexibility index (Phi) is 5.39. The molecule has 0 bridgehead atoms. The number of allylic oxidation sites excluding steroid dienone is 1. The van der Waals surface area contributed by atoms with Crippen molar-refractivity contribution in [2.75, 3.05) is 10.6 Å². The fraction of sp³-hybridized carbons (Fsp3) is 0.350. The van der Waals surface area contributed by atoms with Crippen LogP contribution >= 0.6 is 0 Å². The lowest BCUT2D eigenvalue weighted by atomic mass is 9.91. The van der Waals surface area contributed by atoms with Crippen molar-refractivity contribution in [3.63, 3.8) is 0 Å². The predicted octanol–water partition coefficient (Wildman–Crippen LogP) is 1.66. The summed E-state index contributed by atoms with van der Waals surface area (Å²) in [7, 11) is 0. The van der Waals surface area contributed by atoms with Crippen molar-refractivity contribution in [3.05, 3.63) is 62.7 Å². The maximum Gasteiger partial charge on any atom is 0.253 e. The molecule has 8 nitrogen and oxygen atoms in total. The van der Waals surface area contributed by atoms with Crippen molar-refractivity contribution >= 4 is 23.5 Å². The van der Waals surface area contributed by atoms with Gasteiger partial charge in [0.1, 0.15) is 23.7 Å². The van der Waals surface area contributed by atoms with Crippen molar-refractivity contribution in [3.8, 4) is 0 Å². The Morgan fingerprint density at radius 1 is 1.14 bits per heavy atom. The molecule has 0 saturated heterocycles. The van der Waals surface area contributed by atoms with E-state index in [9.17, 15) is 14.4 Å². The maximum atomic E-state index is 12.5.